The molecule has 31 heavy (non-hydrogen) atoms. The molecule has 0 aliphatic rings. The van der Waals surface area contributed by atoms with E-state index in [1.165, 1.54) is 35.4 Å². The second-order valence-electron chi connectivity index (χ2n) is 6.64. The highest BCUT2D eigenvalue weighted by Crippen LogP contribution is 2.34. The number of para-hydroxylation sites is 1. The SMILES string of the molecule is Cc1nnc(SCc2c(C(=O)N(Cc3ccco3)CC(F)(F)F)oc3ccccc23)s1. The van der Waals surface area contributed by atoms with Crippen LogP contribution in [0.3, 0.4) is 0 Å². The van der Waals surface area contributed by atoms with Crippen LogP contribution in [0.15, 0.2) is 55.8 Å². The summed E-state index contributed by atoms with van der Waals surface area (Å²) in [6, 6.07) is 10.0. The highest BCUT2D eigenvalue weighted by atomic mass is 32.2. The van der Waals surface area contributed by atoms with E-state index in [9.17, 15) is 18.0 Å². The van der Waals surface area contributed by atoms with Crippen LogP contribution in [0.5, 0.6) is 0 Å². The number of carbonyl (C=O) groups is 1. The molecule has 0 spiro atoms. The van der Waals surface area contributed by atoms with Crippen LogP contribution in [0.25, 0.3) is 11.0 Å². The quantitative estimate of drug-likeness (QED) is 0.326. The van der Waals surface area contributed by atoms with Gasteiger partial charge in [0.2, 0.25) is 0 Å². The molecule has 162 valence electrons. The number of furan rings is 2. The minimum absolute atomic E-state index is 0.120. The predicted molar refractivity (Wildman–Crippen MR) is 110 cm³/mol. The lowest BCUT2D eigenvalue weighted by atomic mass is 10.1. The Labute approximate surface area is 183 Å². The number of fused-ring (bicyclic) bond motifs is 1. The van der Waals surface area contributed by atoms with Gasteiger partial charge in [0, 0.05) is 16.7 Å². The maximum Gasteiger partial charge on any atom is 0.406 e. The van der Waals surface area contributed by atoms with Gasteiger partial charge in [0.25, 0.3) is 5.91 Å². The molecular weight excluding hydrogens is 451 g/mol. The van der Waals surface area contributed by atoms with Gasteiger partial charge in [-0.3, -0.25) is 4.79 Å². The first-order valence-electron chi connectivity index (χ1n) is 9.12. The molecule has 0 radical (unpaired) electrons. The van der Waals surface area contributed by atoms with Crippen molar-refractivity contribution >= 4 is 40.0 Å². The second kappa shape index (κ2) is 8.75. The monoisotopic (exact) mass is 467 g/mol. The Morgan fingerprint density at radius 2 is 2.00 bits per heavy atom. The lowest BCUT2D eigenvalue weighted by Gasteiger charge is -2.22. The number of alkyl halides is 3. The number of nitrogens with zero attached hydrogens (tertiary/aromatic N) is 3. The smallest absolute Gasteiger partial charge is 0.406 e. The summed E-state index contributed by atoms with van der Waals surface area (Å²) in [7, 11) is 0. The fourth-order valence-corrected chi connectivity index (χ4v) is 4.88. The zero-order chi connectivity index (χ0) is 22.0. The summed E-state index contributed by atoms with van der Waals surface area (Å²) in [4.78, 5) is 13.9. The van der Waals surface area contributed by atoms with Crippen LogP contribution in [0.2, 0.25) is 0 Å². The van der Waals surface area contributed by atoms with Gasteiger partial charge in [-0.2, -0.15) is 13.2 Å². The number of aryl methyl sites for hydroxylation is 1. The summed E-state index contributed by atoms with van der Waals surface area (Å²) in [5, 5.41) is 9.48. The van der Waals surface area contributed by atoms with Gasteiger partial charge in [-0.1, -0.05) is 41.3 Å². The van der Waals surface area contributed by atoms with E-state index in [1.807, 2.05) is 6.92 Å². The number of hydrogen-bond donors (Lipinski definition) is 0. The Balaban J connectivity index is 1.68. The summed E-state index contributed by atoms with van der Waals surface area (Å²) in [6.07, 6.45) is -3.23. The van der Waals surface area contributed by atoms with Crippen molar-refractivity contribution in [2.45, 2.75) is 29.7 Å². The molecule has 0 unspecified atom stereocenters. The van der Waals surface area contributed by atoms with Crippen molar-refractivity contribution in [3.8, 4) is 0 Å². The lowest BCUT2D eigenvalue weighted by molar-refractivity contribution is -0.142. The number of rotatable bonds is 7. The van der Waals surface area contributed by atoms with E-state index in [4.69, 9.17) is 8.83 Å². The Kier molecular flexibility index (Phi) is 6.05. The van der Waals surface area contributed by atoms with E-state index in [0.29, 0.717) is 31.5 Å². The first-order chi connectivity index (χ1) is 14.8. The molecule has 3 heterocycles. The number of hydrogen-bond acceptors (Lipinski definition) is 7. The van der Waals surface area contributed by atoms with Gasteiger partial charge < -0.3 is 13.7 Å². The number of benzene rings is 1. The number of carbonyl (C=O) groups excluding carboxylic acids is 1. The summed E-state index contributed by atoms with van der Waals surface area (Å²) < 4.78 is 51.2. The standard InChI is InChI=1S/C20H16F3N3O3S2/c1-12-24-25-19(31-12)30-10-15-14-6-2-3-7-16(14)29-17(15)18(27)26(11-20(21,22)23)9-13-5-4-8-28-13/h2-8H,9-11H2,1H3. The van der Waals surface area contributed by atoms with Crippen LogP contribution in [0, 0.1) is 6.92 Å². The third-order valence-corrected chi connectivity index (χ3v) is 6.32. The van der Waals surface area contributed by atoms with E-state index in [-0.39, 0.29) is 18.1 Å². The van der Waals surface area contributed by atoms with Crippen molar-refractivity contribution in [3.63, 3.8) is 0 Å². The van der Waals surface area contributed by atoms with Crippen LogP contribution < -0.4 is 0 Å². The van der Waals surface area contributed by atoms with Gasteiger partial charge in [-0.05, 0) is 25.1 Å². The molecule has 0 bridgehead atoms. The van der Waals surface area contributed by atoms with Crippen LogP contribution in [-0.4, -0.2) is 33.7 Å². The van der Waals surface area contributed by atoms with Gasteiger partial charge in [0.05, 0.1) is 12.8 Å². The number of aromatic nitrogens is 2. The van der Waals surface area contributed by atoms with Crippen molar-refractivity contribution in [3.05, 3.63) is 64.8 Å². The van der Waals surface area contributed by atoms with Crippen molar-refractivity contribution in [1.29, 1.82) is 0 Å². The summed E-state index contributed by atoms with van der Waals surface area (Å²) in [5.74, 6) is -0.429. The predicted octanol–water partition coefficient (Wildman–Crippen LogP) is 5.68. The maximum atomic E-state index is 13.2. The van der Waals surface area contributed by atoms with E-state index < -0.39 is 18.6 Å². The first-order valence-corrected chi connectivity index (χ1v) is 10.9. The van der Waals surface area contributed by atoms with Gasteiger partial charge in [-0.15, -0.1) is 10.2 Å². The molecule has 0 aliphatic carbocycles. The molecule has 3 aromatic heterocycles. The fraction of sp³-hybridized carbons (Fsp3) is 0.250. The molecule has 1 aromatic carbocycles. The van der Waals surface area contributed by atoms with E-state index in [1.54, 1.807) is 30.3 Å². The third kappa shape index (κ3) is 5.10. The molecule has 11 heteroatoms. The maximum absolute atomic E-state index is 13.2. The number of halogens is 3. The third-order valence-electron chi connectivity index (χ3n) is 4.32. The van der Waals surface area contributed by atoms with E-state index in [0.717, 1.165) is 5.01 Å². The average molecular weight is 467 g/mol. The van der Waals surface area contributed by atoms with Crippen molar-refractivity contribution in [2.24, 2.45) is 0 Å². The van der Waals surface area contributed by atoms with Gasteiger partial charge >= 0.3 is 6.18 Å². The molecule has 0 saturated carbocycles. The molecule has 0 N–H and O–H groups in total. The largest absolute Gasteiger partial charge is 0.467 e. The zero-order valence-electron chi connectivity index (χ0n) is 16.2. The van der Waals surface area contributed by atoms with Gasteiger partial charge in [0.1, 0.15) is 22.9 Å². The van der Waals surface area contributed by atoms with E-state index in [2.05, 4.69) is 10.2 Å². The Bertz CT molecular complexity index is 1190. The average Bonchev–Trinajstić information content (AvgIpc) is 3.44. The fourth-order valence-electron chi connectivity index (χ4n) is 3.04. The molecule has 4 rings (SSSR count). The summed E-state index contributed by atoms with van der Waals surface area (Å²) >= 11 is 2.75. The normalized spacial score (nSPS) is 11.9. The summed E-state index contributed by atoms with van der Waals surface area (Å²) in [5.41, 5.74) is 0.949. The number of thioether (sulfide) groups is 1. The Morgan fingerprint density at radius 1 is 1.19 bits per heavy atom. The second-order valence-corrected chi connectivity index (χ2v) is 9.04. The molecular formula is C20H16F3N3O3S2. The molecule has 0 fully saturated rings. The van der Waals surface area contributed by atoms with Crippen LogP contribution in [-0.2, 0) is 12.3 Å². The minimum Gasteiger partial charge on any atom is -0.467 e. The molecule has 0 saturated heterocycles. The highest BCUT2D eigenvalue weighted by molar-refractivity contribution is 8.00. The van der Waals surface area contributed by atoms with Crippen LogP contribution in [0.4, 0.5) is 13.2 Å². The minimum atomic E-state index is -4.58. The Morgan fingerprint density at radius 3 is 2.68 bits per heavy atom. The first kappa shape index (κ1) is 21.4. The Hall–Kier alpha value is -2.79. The van der Waals surface area contributed by atoms with Crippen LogP contribution in [0.1, 0.15) is 26.9 Å². The summed E-state index contributed by atoms with van der Waals surface area (Å²) in [6.45, 7) is 0.0733. The number of amides is 1. The van der Waals surface area contributed by atoms with Gasteiger partial charge in [-0.25, -0.2) is 0 Å². The van der Waals surface area contributed by atoms with Crippen molar-refractivity contribution < 1.29 is 26.8 Å². The molecule has 1 amide bonds. The van der Waals surface area contributed by atoms with Gasteiger partial charge in [0.15, 0.2) is 10.1 Å². The van der Waals surface area contributed by atoms with Crippen LogP contribution >= 0.6 is 23.1 Å². The molecule has 0 aliphatic heterocycles. The lowest BCUT2D eigenvalue weighted by Crippen LogP contribution is -2.38. The zero-order valence-corrected chi connectivity index (χ0v) is 17.8. The molecule has 4 aromatic rings. The van der Waals surface area contributed by atoms with E-state index >= 15 is 0 Å². The van der Waals surface area contributed by atoms with Crippen molar-refractivity contribution in [1.82, 2.24) is 15.1 Å². The molecule has 0 atom stereocenters. The van der Waals surface area contributed by atoms with Crippen molar-refractivity contribution in [2.75, 3.05) is 6.54 Å². The topological polar surface area (TPSA) is 72.4 Å². The molecule has 6 nitrogen and oxygen atoms in total. The highest BCUT2D eigenvalue weighted by Gasteiger charge is 2.36.